The Balaban J connectivity index is 2.63. The van der Waals surface area contributed by atoms with E-state index in [4.69, 9.17) is 10.5 Å². The first kappa shape index (κ1) is 10.4. The highest BCUT2D eigenvalue weighted by Crippen LogP contribution is 2.31. The van der Waals surface area contributed by atoms with Crippen LogP contribution in [0.2, 0.25) is 0 Å². The highest BCUT2D eigenvalue weighted by atomic mass is 19.1. The third-order valence-corrected chi connectivity index (χ3v) is 2.14. The minimum Gasteiger partial charge on any atom is -0.496 e. The minimum absolute atomic E-state index is 0.287. The van der Waals surface area contributed by atoms with E-state index in [1.54, 1.807) is 12.1 Å². The van der Waals surface area contributed by atoms with E-state index in [0.29, 0.717) is 17.0 Å². The lowest BCUT2D eigenvalue weighted by atomic mass is 10.1. The molecule has 0 aliphatic rings. The van der Waals surface area contributed by atoms with Crippen molar-refractivity contribution in [3.63, 3.8) is 0 Å². The number of ether oxygens (including phenoxy) is 1. The summed E-state index contributed by atoms with van der Waals surface area (Å²) in [6, 6.07) is 6.08. The number of nitrogens with two attached hydrogens (primary N) is 1. The van der Waals surface area contributed by atoms with Crippen molar-refractivity contribution in [3.05, 3.63) is 36.4 Å². The van der Waals surface area contributed by atoms with Crippen LogP contribution in [0.3, 0.4) is 0 Å². The van der Waals surface area contributed by atoms with Gasteiger partial charge in [-0.05, 0) is 12.1 Å². The van der Waals surface area contributed by atoms with Crippen molar-refractivity contribution in [3.8, 4) is 17.0 Å². The molecule has 0 saturated carbocycles. The SMILES string of the molecule is COc1cccc(F)c1-c1cc(N)ncn1. The summed E-state index contributed by atoms with van der Waals surface area (Å²) in [7, 11) is 1.48. The number of hydrogen-bond acceptors (Lipinski definition) is 4. The van der Waals surface area contributed by atoms with Crippen LogP contribution in [-0.4, -0.2) is 17.1 Å². The summed E-state index contributed by atoms with van der Waals surface area (Å²) < 4.78 is 18.8. The number of methoxy groups -OCH3 is 1. The zero-order valence-corrected chi connectivity index (χ0v) is 8.64. The normalized spacial score (nSPS) is 10.1. The number of halogens is 1. The van der Waals surface area contributed by atoms with E-state index in [9.17, 15) is 4.39 Å². The third kappa shape index (κ3) is 1.79. The average molecular weight is 219 g/mol. The van der Waals surface area contributed by atoms with Crippen molar-refractivity contribution in [2.24, 2.45) is 0 Å². The van der Waals surface area contributed by atoms with Gasteiger partial charge in [-0.3, -0.25) is 0 Å². The van der Waals surface area contributed by atoms with Gasteiger partial charge in [0.25, 0.3) is 0 Å². The van der Waals surface area contributed by atoms with Crippen molar-refractivity contribution >= 4 is 5.82 Å². The number of nitrogen functional groups attached to an aromatic ring is 1. The third-order valence-electron chi connectivity index (χ3n) is 2.14. The van der Waals surface area contributed by atoms with Crippen LogP contribution in [-0.2, 0) is 0 Å². The molecule has 2 aromatic rings. The molecular weight excluding hydrogens is 209 g/mol. The average Bonchev–Trinajstić information content (AvgIpc) is 2.28. The van der Waals surface area contributed by atoms with Crippen LogP contribution in [0.5, 0.6) is 5.75 Å². The van der Waals surface area contributed by atoms with Gasteiger partial charge in [-0.2, -0.15) is 0 Å². The molecule has 0 bridgehead atoms. The minimum atomic E-state index is -0.405. The number of rotatable bonds is 2. The predicted molar refractivity (Wildman–Crippen MR) is 58.4 cm³/mol. The van der Waals surface area contributed by atoms with Crippen LogP contribution in [0.25, 0.3) is 11.3 Å². The van der Waals surface area contributed by atoms with Gasteiger partial charge in [0.05, 0.1) is 18.4 Å². The molecule has 2 rings (SSSR count). The molecule has 1 aromatic heterocycles. The van der Waals surface area contributed by atoms with E-state index >= 15 is 0 Å². The fourth-order valence-electron chi connectivity index (χ4n) is 1.43. The monoisotopic (exact) mass is 219 g/mol. The molecule has 0 saturated heterocycles. The maximum absolute atomic E-state index is 13.7. The zero-order chi connectivity index (χ0) is 11.5. The Hall–Kier alpha value is -2.17. The molecule has 0 spiro atoms. The molecule has 1 heterocycles. The van der Waals surface area contributed by atoms with Crippen molar-refractivity contribution < 1.29 is 9.13 Å². The lowest BCUT2D eigenvalue weighted by Gasteiger charge is -2.08. The molecule has 0 radical (unpaired) electrons. The number of anilines is 1. The molecule has 16 heavy (non-hydrogen) atoms. The molecule has 5 heteroatoms. The van der Waals surface area contributed by atoms with Gasteiger partial charge in [0.15, 0.2) is 0 Å². The largest absolute Gasteiger partial charge is 0.496 e. The second-order valence-corrected chi connectivity index (χ2v) is 3.15. The fourth-order valence-corrected chi connectivity index (χ4v) is 1.43. The van der Waals surface area contributed by atoms with Crippen molar-refractivity contribution in [2.75, 3.05) is 12.8 Å². The van der Waals surface area contributed by atoms with Gasteiger partial charge in [-0.25, -0.2) is 14.4 Å². The first-order chi connectivity index (χ1) is 7.72. The Bertz CT molecular complexity index is 516. The molecule has 4 nitrogen and oxygen atoms in total. The molecule has 0 amide bonds. The van der Waals surface area contributed by atoms with E-state index < -0.39 is 5.82 Å². The van der Waals surface area contributed by atoms with Gasteiger partial charge < -0.3 is 10.5 Å². The van der Waals surface area contributed by atoms with Crippen molar-refractivity contribution in [1.82, 2.24) is 9.97 Å². The Morgan fingerprint density at radius 2 is 2.12 bits per heavy atom. The molecule has 82 valence electrons. The summed E-state index contributed by atoms with van der Waals surface area (Å²) in [4.78, 5) is 7.72. The Labute approximate surface area is 91.9 Å². The van der Waals surface area contributed by atoms with Gasteiger partial charge in [-0.15, -0.1) is 0 Å². The molecule has 2 N–H and O–H groups in total. The fraction of sp³-hybridized carbons (Fsp3) is 0.0909. The molecule has 0 atom stereocenters. The van der Waals surface area contributed by atoms with Crippen LogP contribution >= 0.6 is 0 Å². The van der Waals surface area contributed by atoms with Gasteiger partial charge in [0, 0.05) is 6.07 Å². The standard InChI is InChI=1S/C11H10FN3O/c1-16-9-4-2-3-7(12)11(9)8-5-10(13)15-6-14-8/h2-6H,1H3,(H2,13,14,15). The molecule has 0 aliphatic carbocycles. The van der Waals surface area contributed by atoms with Crippen molar-refractivity contribution in [1.29, 1.82) is 0 Å². The quantitative estimate of drug-likeness (QED) is 0.837. The van der Waals surface area contributed by atoms with Crippen LogP contribution in [0.15, 0.2) is 30.6 Å². The molecule has 0 unspecified atom stereocenters. The van der Waals surface area contributed by atoms with E-state index in [1.165, 1.54) is 25.6 Å². The van der Waals surface area contributed by atoms with Crippen LogP contribution < -0.4 is 10.5 Å². The summed E-state index contributed by atoms with van der Waals surface area (Å²) in [6.07, 6.45) is 1.29. The summed E-state index contributed by atoms with van der Waals surface area (Å²) in [5, 5.41) is 0. The highest BCUT2D eigenvalue weighted by Gasteiger charge is 2.12. The maximum atomic E-state index is 13.7. The van der Waals surface area contributed by atoms with Gasteiger partial charge in [0.1, 0.15) is 23.7 Å². The number of benzene rings is 1. The summed E-state index contributed by atoms with van der Waals surface area (Å²) in [6.45, 7) is 0. The molecular formula is C11H10FN3O. The van der Waals surface area contributed by atoms with Crippen molar-refractivity contribution in [2.45, 2.75) is 0 Å². The van der Waals surface area contributed by atoms with E-state index in [-0.39, 0.29) is 5.82 Å². The lowest BCUT2D eigenvalue weighted by Crippen LogP contribution is -1.96. The van der Waals surface area contributed by atoms with E-state index in [2.05, 4.69) is 9.97 Å². The van der Waals surface area contributed by atoms with Crippen LogP contribution in [0.4, 0.5) is 10.2 Å². The smallest absolute Gasteiger partial charge is 0.136 e. The second kappa shape index (κ2) is 4.14. The van der Waals surface area contributed by atoms with E-state index in [0.717, 1.165) is 0 Å². The molecule has 1 aromatic carbocycles. The van der Waals surface area contributed by atoms with Gasteiger partial charge in [-0.1, -0.05) is 6.07 Å². The van der Waals surface area contributed by atoms with Crippen LogP contribution in [0.1, 0.15) is 0 Å². The molecule has 0 aliphatic heterocycles. The zero-order valence-electron chi connectivity index (χ0n) is 8.64. The Kier molecular flexibility index (Phi) is 2.68. The summed E-state index contributed by atoms with van der Waals surface area (Å²) in [5.41, 5.74) is 6.22. The lowest BCUT2D eigenvalue weighted by molar-refractivity contribution is 0.413. The number of aromatic nitrogens is 2. The highest BCUT2D eigenvalue weighted by molar-refractivity contribution is 5.69. The van der Waals surface area contributed by atoms with E-state index in [1.807, 2.05) is 0 Å². The van der Waals surface area contributed by atoms with Crippen LogP contribution in [0, 0.1) is 5.82 Å². The topological polar surface area (TPSA) is 61.0 Å². The second-order valence-electron chi connectivity index (χ2n) is 3.15. The molecule has 0 fully saturated rings. The Morgan fingerprint density at radius 1 is 1.31 bits per heavy atom. The van der Waals surface area contributed by atoms with Gasteiger partial charge in [0.2, 0.25) is 0 Å². The van der Waals surface area contributed by atoms with Gasteiger partial charge >= 0.3 is 0 Å². The summed E-state index contributed by atoms with van der Waals surface area (Å²) in [5.74, 6) is 0.297. The first-order valence-corrected chi connectivity index (χ1v) is 4.63. The Morgan fingerprint density at radius 3 is 2.81 bits per heavy atom. The maximum Gasteiger partial charge on any atom is 0.136 e. The predicted octanol–water partition coefficient (Wildman–Crippen LogP) is 1.87. The number of nitrogens with zero attached hydrogens (tertiary/aromatic N) is 2. The summed E-state index contributed by atoms with van der Waals surface area (Å²) >= 11 is 0. The number of hydrogen-bond donors (Lipinski definition) is 1. The first-order valence-electron chi connectivity index (χ1n) is 4.63.